The fourth-order valence-corrected chi connectivity index (χ4v) is 1.20. The summed E-state index contributed by atoms with van der Waals surface area (Å²) in [6, 6.07) is 7.56. The van der Waals surface area contributed by atoms with Crippen LogP contribution in [-0.2, 0) is 9.53 Å². The van der Waals surface area contributed by atoms with E-state index in [1.165, 1.54) is 0 Å². The van der Waals surface area contributed by atoms with E-state index in [4.69, 9.17) is 11.2 Å². The fourth-order valence-electron chi connectivity index (χ4n) is 1.20. The molecule has 0 bridgehead atoms. The van der Waals surface area contributed by atoms with Crippen LogP contribution in [0.5, 0.6) is 0 Å². The normalized spacial score (nSPS) is 10.0. The Hall–Kier alpha value is -2.01. The van der Waals surface area contributed by atoms with Crippen LogP contribution in [-0.4, -0.2) is 12.6 Å². The van der Waals surface area contributed by atoms with E-state index < -0.39 is 0 Å². The molecule has 0 saturated heterocycles. The van der Waals surface area contributed by atoms with Crippen LogP contribution in [0.15, 0.2) is 30.3 Å². The zero-order chi connectivity index (χ0) is 11.8. The highest BCUT2D eigenvalue weighted by atomic mass is 16.5. The Morgan fingerprint density at radius 3 is 2.69 bits per heavy atom. The number of hydrogen-bond donors (Lipinski definition) is 0. The average molecular weight is 214 g/mol. The molecular weight excluding hydrogens is 200 g/mol. The second-order valence-corrected chi connectivity index (χ2v) is 3.18. The highest BCUT2D eigenvalue weighted by Gasteiger charge is 1.96. The van der Waals surface area contributed by atoms with E-state index in [2.05, 4.69) is 5.92 Å². The second kappa shape index (κ2) is 6.47. The van der Waals surface area contributed by atoms with Crippen molar-refractivity contribution in [2.45, 2.75) is 13.3 Å². The maximum absolute atomic E-state index is 11.0. The first-order valence-corrected chi connectivity index (χ1v) is 5.15. The number of rotatable bonds is 4. The van der Waals surface area contributed by atoms with E-state index >= 15 is 0 Å². The summed E-state index contributed by atoms with van der Waals surface area (Å²) in [5.41, 5.74) is 1.87. The van der Waals surface area contributed by atoms with Gasteiger partial charge >= 0.3 is 5.97 Å². The zero-order valence-corrected chi connectivity index (χ0v) is 9.27. The molecule has 16 heavy (non-hydrogen) atoms. The predicted molar refractivity (Wildman–Crippen MR) is 64.7 cm³/mol. The molecule has 0 aliphatic heterocycles. The molecule has 1 rings (SSSR count). The quantitative estimate of drug-likeness (QED) is 0.569. The van der Waals surface area contributed by atoms with Crippen molar-refractivity contribution in [1.82, 2.24) is 0 Å². The van der Waals surface area contributed by atoms with Gasteiger partial charge < -0.3 is 4.74 Å². The standard InChI is InChI=1S/C14H14O2/c1-3-12-8-10-13(11-9-12)6-5-7-14(15)16-4-2/h1,5-6,8-11H,4,7H2,2H3. The van der Waals surface area contributed by atoms with Gasteiger partial charge in [-0.3, -0.25) is 4.79 Å². The Balaban J connectivity index is 2.50. The molecule has 1 aromatic carbocycles. The molecule has 0 aliphatic rings. The Morgan fingerprint density at radius 1 is 1.44 bits per heavy atom. The van der Waals surface area contributed by atoms with E-state index in [-0.39, 0.29) is 5.97 Å². The molecule has 0 saturated carbocycles. The van der Waals surface area contributed by atoms with Gasteiger partial charge in [-0.25, -0.2) is 0 Å². The van der Waals surface area contributed by atoms with Crippen molar-refractivity contribution < 1.29 is 9.53 Å². The number of carbonyl (C=O) groups excluding carboxylic acids is 1. The van der Waals surface area contributed by atoms with E-state index in [1.54, 1.807) is 13.0 Å². The summed E-state index contributed by atoms with van der Waals surface area (Å²) in [5, 5.41) is 0. The molecule has 0 spiro atoms. The van der Waals surface area contributed by atoms with E-state index in [9.17, 15) is 4.79 Å². The average Bonchev–Trinajstić information content (AvgIpc) is 2.30. The van der Waals surface area contributed by atoms with E-state index in [0.29, 0.717) is 13.0 Å². The lowest BCUT2D eigenvalue weighted by Gasteiger charge is -1.97. The third-order valence-electron chi connectivity index (χ3n) is 1.98. The molecule has 0 heterocycles. The Labute approximate surface area is 95.9 Å². The lowest BCUT2D eigenvalue weighted by Crippen LogP contribution is -2.01. The molecule has 0 fully saturated rings. The van der Waals surface area contributed by atoms with Crippen LogP contribution < -0.4 is 0 Å². The van der Waals surface area contributed by atoms with Gasteiger partial charge in [-0.05, 0) is 24.6 Å². The van der Waals surface area contributed by atoms with E-state index in [0.717, 1.165) is 11.1 Å². The minimum absolute atomic E-state index is 0.209. The van der Waals surface area contributed by atoms with Crippen LogP contribution in [0.25, 0.3) is 6.08 Å². The summed E-state index contributed by atoms with van der Waals surface area (Å²) in [6.07, 6.45) is 9.19. The van der Waals surface area contributed by atoms with Crippen LogP contribution in [0.3, 0.4) is 0 Å². The summed E-state index contributed by atoms with van der Waals surface area (Å²) in [4.78, 5) is 11.0. The van der Waals surface area contributed by atoms with Crippen molar-refractivity contribution >= 4 is 12.0 Å². The summed E-state index contributed by atoms with van der Waals surface area (Å²) in [7, 11) is 0. The number of benzene rings is 1. The lowest BCUT2D eigenvalue weighted by atomic mass is 10.1. The molecule has 0 radical (unpaired) electrons. The largest absolute Gasteiger partial charge is 0.466 e. The molecule has 0 atom stereocenters. The zero-order valence-electron chi connectivity index (χ0n) is 9.27. The highest BCUT2D eigenvalue weighted by Crippen LogP contribution is 2.05. The Morgan fingerprint density at radius 2 is 2.12 bits per heavy atom. The molecule has 0 unspecified atom stereocenters. The molecule has 0 aromatic heterocycles. The molecule has 82 valence electrons. The smallest absolute Gasteiger partial charge is 0.309 e. The van der Waals surface area contributed by atoms with Gasteiger partial charge in [-0.2, -0.15) is 0 Å². The van der Waals surface area contributed by atoms with Crippen LogP contribution in [0.2, 0.25) is 0 Å². The van der Waals surface area contributed by atoms with Crippen molar-refractivity contribution in [2.75, 3.05) is 6.61 Å². The van der Waals surface area contributed by atoms with Gasteiger partial charge in [0.2, 0.25) is 0 Å². The van der Waals surface area contributed by atoms with E-state index in [1.807, 2.05) is 30.3 Å². The second-order valence-electron chi connectivity index (χ2n) is 3.18. The van der Waals surface area contributed by atoms with Gasteiger partial charge in [-0.1, -0.05) is 30.2 Å². The fraction of sp³-hybridized carbons (Fsp3) is 0.214. The molecule has 0 N–H and O–H groups in total. The van der Waals surface area contributed by atoms with Crippen molar-refractivity contribution in [2.24, 2.45) is 0 Å². The van der Waals surface area contributed by atoms with Crippen LogP contribution >= 0.6 is 0 Å². The van der Waals surface area contributed by atoms with Gasteiger partial charge in [0, 0.05) is 5.56 Å². The minimum Gasteiger partial charge on any atom is -0.466 e. The predicted octanol–water partition coefficient (Wildman–Crippen LogP) is 2.63. The monoisotopic (exact) mass is 214 g/mol. The SMILES string of the molecule is C#Cc1ccc(C=CCC(=O)OCC)cc1. The summed E-state index contributed by atoms with van der Waals surface area (Å²) >= 11 is 0. The molecular formula is C14H14O2. The van der Waals surface area contributed by atoms with Crippen molar-refractivity contribution in [3.8, 4) is 12.3 Å². The Kier molecular flexibility index (Phi) is 4.88. The number of carbonyl (C=O) groups is 1. The molecule has 0 aliphatic carbocycles. The Bertz CT molecular complexity index is 407. The van der Waals surface area contributed by atoms with Crippen LogP contribution in [0.1, 0.15) is 24.5 Å². The summed E-state index contributed by atoms with van der Waals surface area (Å²) < 4.78 is 4.80. The molecule has 2 heteroatoms. The highest BCUT2D eigenvalue weighted by molar-refractivity contribution is 5.72. The van der Waals surface area contributed by atoms with Crippen LogP contribution in [0.4, 0.5) is 0 Å². The summed E-state index contributed by atoms with van der Waals surface area (Å²) in [5.74, 6) is 2.34. The number of hydrogen-bond acceptors (Lipinski definition) is 2. The van der Waals surface area contributed by atoms with Gasteiger partial charge in [0.25, 0.3) is 0 Å². The third-order valence-corrected chi connectivity index (χ3v) is 1.98. The topological polar surface area (TPSA) is 26.3 Å². The first-order valence-electron chi connectivity index (χ1n) is 5.15. The third kappa shape index (κ3) is 4.02. The minimum atomic E-state index is -0.209. The summed E-state index contributed by atoms with van der Waals surface area (Å²) in [6.45, 7) is 2.21. The molecule has 2 nitrogen and oxygen atoms in total. The maximum atomic E-state index is 11.0. The van der Waals surface area contributed by atoms with Crippen molar-refractivity contribution in [3.63, 3.8) is 0 Å². The lowest BCUT2D eigenvalue weighted by molar-refractivity contribution is -0.142. The number of terminal acetylenes is 1. The van der Waals surface area contributed by atoms with Gasteiger partial charge in [0.15, 0.2) is 0 Å². The maximum Gasteiger partial charge on any atom is 0.309 e. The number of ether oxygens (including phenoxy) is 1. The first-order chi connectivity index (χ1) is 7.76. The van der Waals surface area contributed by atoms with Gasteiger partial charge in [0.1, 0.15) is 0 Å². The first kappa shape index (κ1) is 12.1. The van der Waals surface area contributed by atoms with Gasteiger partial charge in [-0.15, -0.1) is 6.42 Å². The van der Waals surface area contributed by atoms with Crippen molar-refractivity contribution in [1.29, 1.82) is 0 Å². The van der Waals surface area contributed by atoms with Crippen molar-refractivity contribution in [3.05, 3.63) is 41.5 Å². The molecule has 0 amide bonds. The number of esters is 1. The van der Waals surface area contributed by atoms with Gasteiger partial charge in [0.05, 0.1) is 13.0 Å². The van der Waals surface area contributed by atoms with Crippen LogP contribution in [0, 0.1) is 12.3 Å². The molecule has 1 aromatic rings.